The summed E-state index contributed by atoms with van der Waals surface area (Å²) in [5, 5.41) is 3.24. The molecule has 17 heavy (non-hydrogen) atoms. The molecule has 0 spiro atoms. The van der Waals surface area contributed by atoms with E-state index in [0.29, 0.717) is 12.2 Å². The number of hydrogen-bond donors (Lipinski definition) is 1. The van der Waals surface area contributed by atoms with Crippen LogP contribution in [0.3, 0.4) is 0 Å². The van der Waals surface area contributed by atoms with Crippen molar-refractivity contribution in [1.29, 1.82) is 0 Å². The van der Waals surface area contributed by atoms with Crippen molar-refractivity contribution in [2.45, 2.75) is 13.5 Å². The van der Waals surface area contributed by atoms with E-state index in [9.17, 15) is 4.39 Å². The molecular formula is C13H12ClFN2. The quantitative estimate of drug-likeness (QED) is 0.896. The minimum absolute atomic E-state index is 0.132. The van der Waals surface area contributed by atoms with Gasteiger partial charge in [-0.2, -0.15) is 0 Å². The van der Waals surface area contributed by atoms with E-state index in [4.69, 9.17) is 11.6 Å². The number of rotatable bonds is 3. The molecule has 2 nitrogen and oxygen atoms in total. The molecule has 4 heteroatoms. The lowest BCUT2D eigenvalue weighted by molar-refractivity contribution is 0.628. The Morgan fingerprint density at radius 1 is 1.29 bits per heavy atom. The first-order valence-corrected chi connectivity index (χ1v) is 5.63. The molecule has 0 bridgehead atoms. The van der Waals surface area contributed by atoms with Crippen molar-refractivity contribution in [1.82, 2.24) is 4.98 Å². The minimum Gasteiger partial charge on any atom is -0.381 e. The van der Waals surface area contributed by atoms with Crippen molar-refractivity contribution in [3.8, 4) is 0 Å². The van der Waals surface area contributed by atoms with E-state index < -0.39 is 5.82 Å². The van der Waals surface area contributed by atoms with E-state index >= 15 is 0 Å². The topological polar surface area (TPSA) is 24.9 Å². The molecule has 1 heterocycles. The van der Waals surface area contributed by atoms with E-state index in [0.717, 1.165) is 11.3 Å². The van der Waals surface area contributed by atoms with Crippen LogP contribution in [0.15, 0.2) is 36.5 Å². The van der Waals surface area contributed by atoms with Crippen molar-refractivity contribution in [3.05, 3.63) is 58.6 Å². The predicted molar refractivity (Wildman–Crippen MR) is 67.7 cm³/mol. The number of aryl methyl sites for hydroxylation is 1. The lowest BCUT2D eigenvalue weighted by atomic mass is 10.2. The van der Waals surface area contributed by atoms with Crippen LogP contribution in [0.25, 0.3) is 0 Å². The highest BCUT2D eigenvalue weighted by Crippen LogP contribution is 2.19. The molecule has 1 N–H and O–H groups in total. The molecule has 2 rings (SSSR count). The summed E-state index contributed by atoms with van der Waals surface area (Å²) in [6, 6.07) is 8.59. The average Bonchev–Trinajstić information content (AvgIpc) is 2.33. The molecule has 0 atom stereocenters. The predicted octanol–water partition coefficient (Wildman–Crippen LogP) is 3.79. The van der Waals surface area contributed by atoms with Gasteiger partial charge in [0.15, 0.2) is 0 Å². The van der Waals surface area contributed by atoms with E-state index in [1.165, 1.54) is 12.1 Å². The van der Waals surface area contributed by atoms with Crippen LogP contribution in [0.4, 0.5) is 10.1 Å². The summed E-state index contributed by atoms with van der Waals surface area (Å²) in [4.78, 5) is 4.19. The van der Waals surface area contributed by atoms with Crippen molar-refractivity contribution in [3.63, 3.8) is 0 Å². The van der Waals surface area contributed by atoms with Gasteiger partial charge in [-0.25, -0.2) is 4.39 Å². The van der Waals surface area contributed by atoms with Gasteiger partial charge in [0.2, 0.25) is 0 Å². The molecule has 0 saturated carbocycles. The first-order valence-electron chi connectivity index (χ1n) is 5.25. The molecule has 0 aliphatic rings. The number of anilines is 1. The molecule has 0 saturated heterocycles. The van der Waals surface area contributed by atoms with Gasteiger partial charge in [-0.15, -0.1) is 0 Å². The highest BCUT2D eigenvalue weighted by molar-refractivity contribution is 6.30. The highest BCUT2D eigenvalue weighted by Gasteiger charge is 2.00. The van der Waals surface area contributed by atoms with E-state index in [1.807, 2.05) is 19.1 Å². The van der Waals surface area contributed by atoms with Gasteiger partial charge >= 0.3 is 0 Å². The van der Waals surface area contributed by atoms with Gasteiger partial charge in [0.25, 0.3) is 0 Å². The summed E-state index contributed by atoms with van der Waals surface area (Å²) in [5.41, 5.74) is 2.73. The Morgan fingerprint density at radius 2 is 2.12 bits per heavy atom. The maximum absolute atomic E-state index is 13.2. The summed E-state index contributed by atoms with van der Waals surface area (Å²) >= 11 is 5.60. The number of hydrogen-bond acceptors (Lipinski definition) is 2. The monoisotopic (exact) mass is 250 g/mol. The number of pyridine rings is 1. The SMILES string of the molecule is Cc1ccc(CNc2ccc(Cl)c(F)c2)cn1. The third kappa shape index (κ3) is 3.17. The molecule has 0 amide bonds. The molecule has 88 valence electrons. The zero-order valence-corrected chi connectivity index (χ0v) is 10.1. The Labute approximate surface area is 104 Å². The molecule has 0 fully saturated rings. The van der Waals surface area contributed by atoms with Crippen LogP contribution in [0.5, 0.6) is 0 Å². The highest BCUT2D eigenvalue weighted by atomic mass is 35.5. The van der Waals surface area contributed by atoms with Gasteiger partial charge in [-0.1, -0.05) is 17.7 Å². The largest absolute Gasteiger partial charge is 0.381 e. The average molecular weight is 251 g/mol. The van der Waals surface area contributed by atoms with Gasteiger partial charge in [-0.3, -0.25) is 4.98 Å². The third-order valence-corrected chi connectivity index (χ3v) is 2.70. The number of halogens is 2. The normalized spacial score (nSPS) is 10.3. The Balaban J connectivity index is 2.02. The van der Waals surface area contributed by atoms with Crippen LogP contribution in [0, 0.1) is 12.7 Å². The Morgan fingerprint density at radius 3 is 2.76 bits per heavy atom. The van der Waals surface area contributed by atoms with E-state index in [1.54, 1.807) is 12.3 Å². The fourth-order valence-corrected chi connectivity index (χ4v) is 1.53. The Bertz CT molecular complexity index is 511. The molecule has 1 aromatic heterocycles. The first-order chi connectivity index (χ1) is 8.15. The van der Waals surface area contributed by atoms with Gasteiger partial charge in [0.05, 0.1) is 5.02 Å². The van der Waals surface area contributed by atoms with Crippen LogP contribution >= 0.6 is 11.6 Å². The summed E-state index contributed by atoms with van der Waals surface area (Å²) in [6.07, 6.45) is 1.80. The van der Waals surface area contributed by atoms with Gasteiger partial charge < -0.3 is 5.32 Å². The van der Waals surface area contributed by atoms with Gasteiger partial charge in [-0.05, 0) is 36.8 Å². The zero-order valence-electron chi connectivity index (χ0n) is 9.37. The number of benzene rings is 1. The van der Waals surface area contributed by atoms with Crippen molar-refractivity contribution < 1.29 is 4.39 Å². The number of nitrogens with one attached hydrogen (secondary N) is 1. The molecule has 2 aromatic rings. The second-order valence-electron chi connectivity index (χ2n) is 3.79. The summed E-state index contributed by atoms with van der Waals surface area (Å²) < 4.78 is 13.2. The molecule has 0 unspecified atom stereocenters. The fourth-order valence-electron chi connectivity index (χ4n) is 1.41. The van der Waals surface area contributed by atoms with Crippen LogP contribution in [-0.2, 0) is 6.54 Å². The second kappa shape index (κ2) is 5.15. The standard InChI is InChI=1S/C13H12ClFN2/c1-9-2-3-10(7-16-9)8-17-11-4-5-12(14)13(15)6-11/h2-7,17H,8H2,1H3. The number of aromatic nitrogens is 1. The van der Waals surface area contributed by atoms with Crippen molar-refractivity contribution >= 4 is 17.3 Å². The number of nitrogens with zero attached hydrogens (tertiary/aromatic N) is 1. The molecular weight excluding hydrogens is 239 g/mol. The van der Waals surface area contributed by atoms with Crippen LogP contribution in [0.1, 0.15) is 11.3 Å². The molecule has 0 aliphatic carbocycles. The maximum Gasteiger partial charge on any atom is 0.143 e. The van der Waals surface area contributed by atoms with Crippen molar-refractivity contribution in [2.24, 2.45) is 0 Å². The van der Waals surface area contributed by atoms with Crippen LogP contribution < -0.4 is 5.32 Å². The van der Waals surface area contributed by atoms with E-state index in [-0.39, 0.29) is 5.02 Å². The van der Waals surface area contributed by atoms with Gasteiger partial charge in [0, 0.05) is 24.1 Å². The maximum atomic E-state index is 13.2. The third-order valence-electron chi connectivity index (χ3n) is 2.39. The first kappa shape index (κ1) is 11.9. The lowest BCUT2D eigenvalue weighted by Gasteiger charge is -2.07. The molecule has 1 aromatic carbocycles. The zero-order chi connectivity index (χ0) is 12.3. The van der Waals surface area contributed by atoms with Gasteiger partial charge in [0.1, 0.15) is 5.82 Å². The van der Waals surface area contributed by atoms with E-state index in [2.05, 4.69) is 10.3 Å². The van der Waals surface area contributed by atoms with Crippen LogP contribution in [0.2, 0.25) is 5.02 Å². The Hall–Kier alpha value is -1.61. The minimum atomic E-state index is -0.418. The lowest BCUT2D eigenvalue weighted by Crippen LogP contribution is -2.00. The molecule has 0 aliphatic heterocycles. The molecule has 0 radical (unpaired) electrons. The summed E-state index contributed by atoms with van der Waals surface area (Å²) in [7, 11) is 0. The summed E-state index contributed by atoms with van der Waals surface area (Å²) in [6.45, 7) is 2.54. The summed E-state index contributed by atoms with van der Waals surface area (Å²) in [5.74, 6) is -0.418. The van der Waals surface area contributed by atoms with Crippen LogP contribution in [-0.4, -0.2) is 4.98 Å². The fraction of sp³-hybridized carbons (Fsp3) is 0.154. The smallest absolute Gasteiger partial charge is 0.143 e. The van der Waals surface area contributed by atoms with Crippen molar-refractivity contribution in [2.75, 3.05) is 5.32 Å². The second-order valence-corrected chi connectivity index (χ2v) is 4.20. The Kier molecular flexibility index (Phi) is 3.59.